The molecule has 386 valence electrons. The lowest BCUT2D eigenvalue weighted by Gasteiger charge is -2.34. The molecule has 0 fully saturated rings. The van der Waals surface area contributed by atoms with Crippen molar-refractivity contribution in [2.24, 2.45) is 0 Å². The highest BCUT2D eigenvalue weighted by Crippen LogP contribution is 2.42. The molecule has 0 bridgehead atoms. The summed E-state index contributed by atoms with van der Waals surface area (Å²) in [6.07, 6.45) is 16.3. The summed E-state index contributed by atoms with van der Waals surface area (Å²) < 4.78 is 5.02. The van der Waals surface area contributed by atoms with Crippen LogP contribution in [-0.4, -0.2) is 34.0 Å². The number of aryl methyl sites for hydroxylation is 3. The molecule has 0 saturated heterocycles. The molecule has 0 atom stereocenters. The molecule has 6 nitrogen and oxygen atoms in total. The Morgan fingerprint density at radius 1 is 0.466 bits per heavy atom. The predicted octanol–water partition coefficient (Wildman–Crippen LogP) is 16.3. The number of benzene rings is 6. The molecule has 6 aromatic rings. The standard InChI is InChI=1S/C33H40O3.C33H42O.CO2/c1-6-32(35,7-2)21-20-26-14-19-30(22-25(26)5)33(8-3,9-4)29-17-15-27(16-18-29)31-13-11-10-12-28(31)23-36-24-34;1-7-26-14-12-13-15-31(26)28-17-19-29(20-18-28)33(10-4,11-5)30-21-16-27(25(6)24-30)22-23-32(34,8-2)9-3;2-1-3/h10-22,24,35H,6-9,23H2,1-5H3;12-24,34H,7-11H2,1-6H3;/b21-20+;23-22+;. The molecule has 6 rings (SSSR count). The van der Waals surface area contributed by atoms with Gasteiger partial charge in [-0.2, -0.15) is 9.59 Å². The van der Waals surface area contributed by atoms with Gasteiger partial charge < -0.3 is 14.9 Å². The molecular formula is C67H82O6. The van der Waals surface area contributed by atoms with Gasteiger partial charge in [0.05, 0.1) is 11.2 Å². The summed E-state index contributed by atoms with van der Waals surface area (Å²) in [5.74, 6) is 0. The molecule has 0 aliphatic heterocycles. The Bertz CT molecular complexity index is 2740. The fraction of sp³-hybridized carbons (Fsp3) is 0.373. The first-order valence-electron chi connectivity index (χ1n) is 26.6. The van der Waals surface area contributed by atoms with Crippen LogP contribution in [0, 0.1) is 13.8 Å². The number of carbonyl (C=O) groups excluding carboxylic acids is 3. The monoisotopic (exact) mass is 983 g/mol. The minimum atomic E-state index is -0.749. The quantitative estimate of drug-likeness (QED) is 0.0657. The van der Waals surface area contributed by atoms with Gasteiger partial charge in [0, 0.05) is 10.8 Å². The van der Waals surface area contributed by atoms with Crippen LogP contribution in [0.2, 0.25) is 0 Å². The number of aliphatic hydroxyl groups is 2. The van der Waals surface area contributed by atoms with E-state index < -0.39 is 11.2 Å². The van der Waals surface area contributed by atoms with Crippen LogP contribution in [0.1, 0.15) is 169 Å². The van der Waals surface area contributed by atoms with Gasteiger partial charge in [0.2, 0.25) is 0 Å². The summed E-state index contributed by atoms with van der Waals surface area (Å²) in [6.45, 7) is 24.5. The fourth-order valence-corrected chi connectivity index (χ4v) is 10.3. The maximum atomic E-state index is 10.7. The van der Waals surface area contributed by atoms with Gasteiger partial charge in [0.15, 0.2) is 0 Å². The van der Waals surface area contributed by atoms with E-state index in [1.54, 1.807) is 0 Å². The molecule has 6 aromatic carbocycles. The molecule has 0 radical (unpaired) electrons. The first kappa shape index (κ1) is 59.1. The van der Waals surface area contributed by atoms with Crippen molar-refractivity contribution in [1.29, 1.82) is 0 Å². The summed E-state index contributed by atoms with van der Waals surface area (Å²) >= 11 is 0. The molecule has 2 N–H and O–H groups in total. The van der Waals surface area contributed by atoms with Crippen LogP contribution in [-0.2, 0) is 43.0 Å². The Kier molecular flexibility index (Phi) is 22.8. The Morgan fingerprint density at radius 3 is 1.14 bits per heavy atom. The lowest BCUT2D eigenvalue weighted by atomic mass is 9.70. The molecular weight excluding hydrogens is 901 g/mol. The first-order chi connectivity index (χ1) is 35.1. The Labute approximate surface area is 438 Å². The SMILES string of the molecule is CCC(O)(/C=C/c1ccc(C(CC)(CC)c2ccc(-c3ccccc3COC=O)cc2)cc1C)CC.CCc1ccccc1-c1ccc(C(CC)(CC)c2ccc(/C=C/C(O)(CC)CC)c(C)c2)cc1.O=C=O. The van der Waals surface area contributed by atoms with Crippen molar-refractivity contribution in [1.82, 2.24) is 0 Å². The molecule has 6 heteroatoms. The van der Waals surface area contributed by atoms with Crippen molar-refractivity contribution >= 4 is 24.8 Å². The molecule has 0 saturated carbocycles. The third kappa shape index (κ3) is 14.4. The maximum Gasteiger partial charge on any atom is 0.373 e. The summed E-state index contributed by atoms with van der Waals surface area (Å²) in [6, 6.07) is 48.5. The summed E-state index contributed by atoms with van der Waals surface area (Å²) in [7, 11) is 0. The zero-order chi connectivity index (χ0) is 53.7. The van der Waals surface area contributed by atoms with Crippen LogP contribution in [0.15, 0.2) is 146 Å². The highest BCUT2D eigenvalue weighted by molar-refractivity contribution is 5.69. The molecule has 0 spiro atoms. The Morgan fingerprint density at radius 2 is 0.808 bits per heavy atom. The second-order valence-corrected chi connectivity index (χ2v) is 19.3. The summed E-state index contributed by atoms with van der Waals surface area (Å²) in [5, 5.41) is 21.3. The van der Waals surface area contributed by atoms with Gasteiger partial charge in [-0.3, -0.25) is 4.79 Å². The van der Waals surface area contributed by atoms with E-state index in [4.69, 9.17) is 14.3 Å². The topological polar surface area (TPSA) is 101 Å². The van der Waals surface area contributed by atoms with E-state index in [9.17, 15) is 15.0 Å². The highest BCUT2D eigenvalue weighted by Gasteiger charge is 2.32. The van der Waals surface area contributed by atoms with Gasteiger partial charge in [-0.15, -0.1) is 0 Å². The van der Waals surface area contributed by atoms with E-state index in [2.05, 4.69) is 176 Å². The molecule has 0 aliphatic carbocycles. The molecule has 73 heavy (non-hydrogen) atoms. The smallest absolute Gasteiger partial charge is 0.373 e. The highest BCUT2D eigenvalue weighted by atomic mass is 16.5. The van der Waals surface area contributed by atoms with Crippen molar-refractivity contribution in [3.05, 3.63) is 201 Å². The molecule has 0 aromatic heterocycles. The average molecular weight is 983 g/mol. The largest absolute Gasteiger partial charge is 0.463 e. The van der Waals surface area contributed by atoms with Crippen LogP contribution in [0.4, 0.5) is 0 Å². The van der Waals surface area contributed by atoms with E-state index in [0.717, 1.165) is 67.2 Å². The van der Waals surface area contributed by atoms with Crippen LogP contribution in [0.25, 0.3) is 34.4 Å². The van der Waals surface area contributed by atoms with Gasteiger partial charge in [-0.25, -0.2) is 0 Å². The van der Waals surface area contributed by atoms with Gasteiger partial charge in [-0.05, 0) is 150 Å². The van der Waals surface area contributed by atoms with Crippen molar-refractivity contribution in [2.45, 2.75) is 163 Å². The second kappa shape index (κ2) is 28.1. The van der Waals surface area contributed by atoms with Crippen molar-refractivity contribution in [3.8, 4) is 22.3 Å². The number of hydrogen-bond acceptors (Lipinski definition) is 6. The minimum Gasteiger partial charge on any atom is -0.463 e. The van der Waals surface area contributed by atoms with Gasteiger partial charge >= 0.3 is 6.15 Å². The number of hydrogen-bond donors (Lipinski definition) is 2. The Hall–Kier alpha value is -6.43. The number of ether oxygens (including phenoxy) is 1. The van der Waals surface area contributed by atoms with Crippen LogP contribution >= 0.6 is 0 Å². The Balaban J connectivity index is 0.000000301. The second-order valence-electron chi connectivity index (χ2n) is 19.3. The number of rotatable bonds is 22. The predicted molar refractivity (Wildman–Crippen MR) is 303 cm³/mol. The third-order valence-corrected chi connectivity index (χ3v) is 15.9. The van der Waals surface area contributed by atoms with Gasteiger partial charge in [0.1, 0.15) is 6.61 Å². The van der Waals surface area contributed by atoms with Crippen molar-refractivity contribution < 1.29 is 29.3 Å². The zero-order valence-electron chi connectivity index (χ0n) is 45.7. The summed E-state index contributed by atoms with van der Waals surface area (Å²) in [4.78, 5) is 26.9. The van der Waals surface area contributed by atoms with E-state index >= 15 is 0 Å². The number of carbonyl (C=O) groups is 1. The lowest BCUT2D eigenvalue weighted by molar-refractivity contribution is -0.191. The van der Waals surface area contributed by atoms with Gasteiger partial charge in [-0.1, -0.05) is 220 Å². The van der Waals surface area contributed by atoms with E-state index in [1.807, 2.05) is 58.0 Å². The van der Waals surface area contributed by atoms with Crippen LogP contribution in [0.3, 0.4) is 0 Å². The van der Waals surface area contributed by atoms with Crippen LogP contribution in [0.5, 0.6) is 0 Å². The maximum absolute atomic E-state index is 10.7. The first-order valence-corrected chi connectivity index (χ1v) is 26.6. The van der Waals surface area contributed by atoms with Crippen molar-refractivity contribution in [3.63, 3.8) is 0 Å². The zero-order valence-corrected chi connectivity index (χ0v) is 45.7. The summed E-state index contributed by atoms with van der Waals surface area (Å²) in [5.41, 5.74) is 15.8. The van der Waals surface area contributed by atoms with E-state index in [1.165, 1.54) is 55.6 Å². The molecule has 0 aliphatic rings. The molecule has 0 amide bonds. The third-order valence-electron chi connectivity index (χ3n) is 15.9. The fourth-order valence-electron chi connectivity index (χ4n) is 10.3. The minimum absolute atomic E-state index is 0.0105. The molecule has 0 unspecified atom stereocenters. The molecule has 0 heterocycles. The average Bonchev–Trinajstić information content (AvgIpc) is 3.43. The normalized spacial score (nSPS) is 11.9. The van der Waals surface area contributed by atoms with E-state index in [-0.39, 0.29) is 23.6 Å². The van der Waals surface area contributed by atoms with Crippen LogP contribution < -0.4 is 0 Å². The van der Waals surface area contributed by atoms with E-state index in [0.29, 0.717) is 19.3 Å². The van der Waals surface area contributed by atoms with Gasteiger partial charge in [0.25, 0.3) is 6.47 Å². The lowest BCUT2D eigenvalue weighted by Crippen LogP contribution is -2.26. The van der Waals surface area contributed by atoms with Crippen molar-refractivity contribution in [2.75, 3.05) is 0 Å².